The molecule has 0 aliphatic rings. The van der Waals surface area contributed by atoms with Crippen LogP contribution in [0.2, 0.25) is 5.02 Å². The molecule has 2 aromatic heterocycles. The number of halogens is 2. The number of aromatic nitrogens is 3. The predicted molar refractivity (Wildman–Crippen MR) is 85.0 cm³/mol. The number of imidazole rings is 1. The number of thiazole rings is 1. The van der Waals surface area contributed by atoms with Gasteiger partial charge in [0.15, 0.2) is 0 Å². The summed E-state index contributed by atoms with van der Waals surface area (Å²) < 4.78 is 2.09. The largest absolute Gasteiger partial charge is 0.321 e. The van der Waals surface area contributed by atoms with Crippen molar-refractivity contribution in [1.29, 1.82) is 0 Å². The van der Waals surface area contributed by atoms with E-state index >= 15 is 0 Å². The van der Waals surface area contributed by atoms with E-state index in [1.54, 1.807) is 11.3 Å². The number of nitrogens with zero attached hydrogens (tertiary/aromatic N) is 3. The molecule has 104 valence electrons. The van der Waals surface area contributed by atoms with Crippen molar-refractivity contribution in [2.24, 2.45) is 0 Å². The second-order valence-electron chi connectivity index (χ2n) is 4.66. The molecule has 2 heterocycles. The second kappa shape index (κ2) is 5.35. The first-order valence-electron chi connectivity index (χ1n) is 6.25. The summed E-state index contributed by atoms with van der Waals surface area (Å²) in [6.07, 6.45) is 0. The zero-order chi connectivity index (χ0) is 14.3. The molecule has 1 aromatic carbocycles. The average Bonchev–Trinajstić information content (AvgIpc) is 2.95. The van der Waals surface area contributed by atoms with Crippen LogP contribution in [-0.4, -0.2) is 14.5 Å². The Kier molecular flexibility index (Phi) is 3.71. The Balaban J connectivity index is 2.15. The van der Waals surface area contributed by atoms with Gasteiger partial charge in [-0.15, -0.1) is 22.9 Å². The van der Waals surface area contributed by atoms with Crippen LogP contribution in [0.3, 0.4) is 0 Å². The molecule has 0 fully saturated rings. The lowest BCUT2D eigenvalue weighted by molar-refractivity contribution is 0.729. The summed E-state index contributed by atoms with van der Waals surface area (Å²) >= 11 is 14.0. The number of rotatable bonds is 3. The van der Waals surface area contributed by atoms with Crippen LogP contribution < -0.4 is 0 Å². The molecule has 0 N–H and O–H groups in total. The van der Waals surface area contributed by atoms with E-state index in [2.05, 4.69) is 19.9 Å². The van der Waals surface area contributed by atoms with E-state index in [4.69, 9.17) is 23.2 Å². The van der Waals surface area contributed by atoms with Gasteiger partial charge in [-0.1, -0.05) is 11.6 Å². The number of fused-ring (bicyclic) bond motifs is 1. The van der Waals surface area contributed by atoms with Crippen LogP contribution in [0.4, 0.5) is 0 Å². The van der Waals surface area contributed by atoms with Crippen molar-refractivity contribution < 1.29 is 0 Å². The zero-order valence-electron chi connectivity index (χ0n) is 11.1. The van der Waals surface area contributed by atoms with Crippen LogP contribution in [-0.2, 0) is 6.54 Å². The standard InChI is InChI=1S/C14H13Cl2N3S/c1-8(15)14-18-12-4-3-10(16)5-13(12)19(14)6-11-7-20-9(2)17-11/h3-5,7-8H,6H2,1-2H3. The molecule has 0 radical (unpaired) electrons. The summed E-state index contributed by atoms with van der Waals surface area (Å²) in [5.41, 5.74) is 2.92. The first kappa shape index (κ1) is 13.9. The van der Waals surface area contributed by atoms with Gasteiger partial charge < -0.3 is 4.57 Å². The molecule has 0 aliphatic heterocycles. The van der Waals surface area contributed by atoms with E-state index in [0.717, 1.165) is 27.6 Å². The fourth-order valence-corrected chi connectivity index (χ4v) is 3.16. The first-order valence-corrected chi connectivity index (χ1v) is 7.95. The molecule has 0 saturated carbocycles. The summed E-state index contributed by atoms with van der Waals surface area (Å²) in [4.78, 5) is 9.11. The van der Waals surface area contributed by atoms with Gasteiger partial charge in [0.25, 0.3) is 0 Å². The summed E-state index contributed by atoms with van der Waals surface area (Å²) in [5, 5.41) is 3.65. The van der Waals surface area contributed by atoms with Crippen LogP contribution in [0.25, 0.3) is 11.0 Å². The van der Waals surface area contributed by atoms with Gasteiger partial charge in [0.05, 0.1) is 33.7 Å². The molecule has 6 heteroatoms. The number of hydrogen-bond acceptors (Lipinski definition) is 3. The molecule has 20 heavy (non-hydrogen) atoms. The van der Waals surface area contributed by atoms with E-state index in [9.17, 15) is 0 Å². The lowest BCUT2D eigenvalue weighted by atomic mass is 10.3. The average molecular weight is 326 g/mol. The van der Waals surface area contributed by atoms with Crippen LogP contribution in [0.1, 0.15) is 28.8 Å². The minimum Gasteiger partial charge on any atom is -0.321 e. The molecule has 1 unspecified atom stereocenters. The molecule has 3 nitrogen and oxygen atoms in total. The SMILES string of the molecule is Cc1nc(Cn2c(C(C)Cl)nc3ccc(Cl)cc32)cs1. The Morgan fingerprint density at radius 1 is 1.35 bits per heavy atom. The first-order chi connectivity index (χ1) is 9.54. The maximum absolute atomic E-state index is 6.26. The van der Waals surface area contributed by atoms with E-state index in [1.807, 2.05) is 32.0 Å². The Bertz CT molecular complexity index is 761. The molecule has 0 aliphatic carbocycles. The van der Waals surface area contributed by atoms with Crippen LogP contribution in [0.5, 0.6) is 0 Å². The maximum Gasteiger partial charge on any atom is 0.128 e. The monoisotopic (exact) mass is 325 g/mol. The third-order valence-electron chi connectivity index (χ3n) is 3.08. The number of alkyl halides is 1. The van der Waals surface area contributed by atoms with Gasteiger partial charge in [-0.2, -0.15) is 0 Å². The molecular formula is C14H13Cl2N3S. The smallest absolute Gasteiger partial charge is 0.128 e. The topological polar surface area (TPSA) is 30.7 Å². The maximum atomic E-state index is 6.26. The van der Waals surface area contributed by atoms with E-state index in [-0.39, 0.29) is 5.38 Å². The van der Waals surface area contributed by atoms with E-state index in [1.165, 1.54) is 0 Å². The van der Waals surface area contributed by atoms with Gasteiger partial charge in [0, 0.05) is 10.4 Å². The fourth-order valence-electron chi connectivity index (χ4n) is 2.23. The van der Waals surface area contributed by atoms with Gasteiger partial charge in [0.1, 0.15) is 5.82 Å². The lowest BCUT2D eigenvalue weighted by Crippen LogP contribution is -2.06. The number of benzene rings is 1. The van der Waals surface area contributed by atoms with Crippen LogP contribution >= 0.6 is 34.5 Å². The summed E-state index contributed by atoms with van der Waals surface area (Å²) in [6.45, 7) is 4.59. The highest BCUT2D eigenvalue weighted by molar-refractivity contribution is 7.09. The molecule has 1 atom stereocenters. The van der Waals surface area contributed by atoms with Crippen molar-refractivity contribution in [3.05, 3.63) is 45.1 Å². The zero-order valence-corrected chi connectivity index (χ0v) is 13.4. The van der Waals surface area contributed by atoms with E-state index in [0.29, 0.717) is 11.6 Å². The molecule has 0 saturated heterocycles. The van der Waals surface area contributed by atoms with Gasteiger partial charge in [-0.25, -0.2) is 9.97 Å². The normalized spacial score (nSPS) is 13.0. The Morgan fingerprint density at radius 2 is 2.15 bits per heavy atom. The summed E-state index contributed by atoms with van der Waals surface area (Å²) in [7, 11) is 0. The summed E-state index contributed by atoms with van der Waals surface area (Å²) in [5.74, 6) is 0.842. The fraction of sp³-hybridized carbons (Fsp3) is 0.286. The highest BCUT2D eigenvalue weighted by atomic mass is 35.5. The molecule has 3 aromatic rings. The van der Waals surface area contributed by atoms with Crippen molar-refractivity contribution in [2.75, 3.05) is 0 Å². The third-order valence-corrected chi connectivity index (χ3v) is 4.33. The quantitative estimate of drug-likeness (QED) is 0.647. The second-order valence-corrected chi connectivity index (χ2v) is 6.82. The summed E-state index contributed by atoms with van der Waals surface area (Å²) in [6, 6.07) is 5.69. The van der Waals surface area contributed by atoms with E-state index < -0.39 is 0 Å². The molecule has 0 spiro atoms. The van der Waals surface area contributed by atoms with Crippen molar-refractivity contribution in [3.63, 3.8) is 0 Å². The van der Waals surface area contributed by atoms with Gasteiger partial charge in [0.2, 0.25) is 0 Å². The van der Waals surface area contributed by atoms with Crippen molar-refractivity contribution in [2.45, 2.75) is 25.8 Å². The molecule has 0 amide bonds. The minimum atomic E-state index is -0.166. The highest BCUT2D eigenvalue weighted by Crippen LogP contribution is 2.27. The van der Waals surface area contributed by atoms with Crippen LogP contribution in [0.15, 0.2) is 23.6 Å². The Morgan fingerprint density at radius 3 is 2.80 bits per heavy atom. The molecule has 0 bridgehead atoms. The van der Waals surface area contributed by atoms with Gasteiger partial charge in [-0.05, 0) is 32.0 Å². The Hall–Kier alpha value is -1.10. The highest BCUT2D eigenvalue weighted by Gasteiger charge is 2.16. The van der Waals surface area contributed by atoms with Crippen molar-refractivity contribution in [1.82, 2.24) is 14.5 Å². The predicted octanol–water partition coefficient (Wildman–Crippen LogP) is 4.80. The molecule has 3 rings (SSSR count). The molecular weight excluding hydrogens is 313 g/mol. The minimum absolute atomic E-state index is 0.166. The lowest BCUT2D eigenvalue weighted by Gasteiger charge is -2.09. The van der Waals surface area contributed by atoms with Crippen LogP contribution in [0, 0.1) is 6.92 Å². The van der Waals surface area contributed by atoms with Gasteiger partial charge >= 0.3 is 0 Å². The third kappa shape index (κ3) is 2.55. The van der Waals surface area contributed by atoms with Gasteiger partial charge in [-0.3, -0.25) is 0 Å². The van der Waals surface area contributed by atoms with Crippen molar-refractivity contribution in [3.8, 4) is 0 Å². The number of hydrogen-bond donors (Lipinski definition) is 0. The van der Waals surface area contributed by atoms with Crippen molar-refractivity contribution >= 4 is 45.6 Å². The number of aryl methyl sites for hydroxylation is 1. The Labute approximate surface area is 131 Å².